The third-order valence-corrected chi connectivity index (χ3v) is 2.84. The molecule has 0 aliphatic rings. The Labute approximate surface area is 112 Å². The maximum absolute atomic E-state index is 9.07. The molecule has 0 radical (unpaired) electrons. The van der Waals surface area contributed by atoms with Gasteiger partial charge >= 0.3 is 0 Å². The Morgan fingerprint density at radius 2 is 1.95 bits per heavy atom. The van der Waals surface area contributed by atoms with E-state index in [0.717, 1.165) is 16.8 Å². The lowest BCUT2D eigenvalue weighted by atomic mass is 10.1. The van der Waals surface area contributed by atoms with E-state index in [2.05, 4.69) is 5.32 Å². The average Bonchev–Trinajstić information content (AvgIpc) is 2.45. The number of nitriles is 1. The Bertz CT molecular complexity index is 617. The first-order valence-electron chi connectivity index (χ1n) is 5.95. The Kier molecular flexibility index (Phi) is 4.01. The molecule has 0 aliphatic carbocycles. The van der Waals surface area contributed by atoms with Gasteiger partial charge in [-0.3, -0.25) is 0 Å². The lowest BCUT2D eigenvalue weighted by Gasteiger charge is -2.09. The fourth-order valence-corrected chi connectivity index (χ4v) is 1.82. The van der Waals surface area contributed by atoms with Gasteiger partial charge in [0.15, 0.2) is 0 Å². The summed E-state index contributed by atoms with van der Waals surface area (Å²) in [4.78, 5) is 0. The number of rotatable bonds is 4. The molecular weight excluding hydrogens is 238 g/mol. The van der Waals surface area contributed by atoms with Crippen molar-refractivity contribution in [2.24, 2.45) is 0 Å². The van der Waals surface area contributed by atoms with Crippen molar-refractivity contribution in [2.45, 2.75) is 13.2 Å². The molecular formula is C15H15N3O. The normalized spacial score (nSPS) is 9.89. The van der Waals surface area contributed by atoms with Crippen LogP contribution in [-0.4, -0.2) is 5.11 Å². The molecule has 2 rings (SSSR count). The molecule has 2 aromatic rings. The second-order valence-electron chi connectivity index (χ2n) is 4.25. The molecule has 96 valence electrons. The number of hydrogen-bond donors (Lipinski definition) is 3. The van der Waals surface area contributed by atoms with Crippen LogP contribution in [0.2, 0.25) is 0 Å². The predicted molar refractivity (Wildman–Crippen MR) is 75.3 cm³/mol. The van der Waals surface area contributed by atoms with Crippen molar-refractivity contribution in [1.82, 2.24) is 0 Å². The number of aliphatic hydroxyl groups excluding tert-OH is 1. The summed E-state index contributed by atoms with van der Waals surface area (Å²) in [5.74, 6) is 0. The SMILES string of the molecule is N#Cc1ccc(NCc2cccc(CO)c2)cc1N. The minimum Gasteiger partial charge on any atom is -0.398 e. The van der Waals surface area contributed by atoms with Crippen LogP contribution in [0.5, 0.6) is 0 Å². The molecule has 0 spiro atoms. The fourth-order valence-electron chi connectivity index (χ4n) is 1.82. The number of nitrogens with two attached hydrogens (primary N) is 1. The van der Waals surface area contributed by atoms with Gasteiger partial charge < -0.3 is 16.2 Å². The second-order valence-corrected chi connectivity index (χ2v) is 4.25. The highest BCUT2D eigenvalue weighted by Gasteiger charge is 2.00. The summed E-state index contributed by atoms with van der Waals surface area (Å²) < 4.78 is 0. The molecule has 0 atom stereocenters. The van der Waals surface area contributed by atoms with Crippen molar-refractivity contribution in [1.29, 1.82) is 5.26 Å². The molecule has 4 N–H and O–H groups in total. The molecule has 0 saturated heterocycles. The van der Waals surface area contributed by atoms with Crippen molar-refractivity contribution in [3.8, 4) is 6.07 Å². The first-order valence-corrected chi connectivity index (χ1v) is 5.95. The summed E-state index contributed by atoms with van der Waals surface area (Å²) in [7, 11) is 0. The van der Waals surface area contributed by atoms with E-state index in [-0.39, 0.29) is 6.61 Å². The second kappa shape index (κ2) is 5.89. The highest BCUT2D eigenvalue weighted by atomic mass is 16.3. The summed E-state index contributed by atoms with van der Waals surface area (Å²) in [5.41, 5.74) is 9.53. The van der Waals surface area contributed by atoms with Crippen LogP contribution in [0.4, 0.5) is 11.4 Å². The number of benzene rings is 2. The van der Waals surface area contributed by atoms with E-state index in [9.17, 15) is 0 Å². The minimum absolute atomic E-state index is 0.0393. The highest BCUT2D eigenvalue weighted by Crippen LogP contribution is 2.18. The third-order valence-electron chi connectivity index (χ3n) is 2.84. The van der Waals surface area contributed by atoms with Gasteiger partial charge in [-0.2, -0.15) is 5.26 Å². The van der Waals surface area contributed by atoms with Crippen molar-refractivity contribution >= 4 is 11.4 Å². The number of nitrogen functional groups attached to an aromatic ring is 1. The molecule has 0 amide bonds. The minimum atomic E-state index is 0.0393. The first kappa shape index (κ1) is 12.9. The largest absolute Gasteiger partial charge is 0.398 e. The van der Waals surface area contributed by atoms with Crippen LogP contribution in [-0.2, 0) is 13.2 Å². The van der Waals surface area contributed by atoms with E-state index in [1.807, 2.05) is 36.4 Å². The maximum Gasteiger partial charge on any atom is 0.101 e. The average molecular weight is 253 g/mol. The molecule has 0 fully saturated rings. The highest BCUT2D eigenvalue weighted by molar-refractivity contribution is 5.62. The van der Waals surface area contributed by atoms with E-state index < -0.39 is 0 Å². The summed E-state index contributed by atoms with van der Waals surface area (Å²) in [6.07, 6.45) is 0. The van der Waals surface area contributed by atoms with Crippen LogP contribution in [0.3, 0.4) is 0 Å². The van der Waals surface area contributed by atoms with Crippen LogP contribution >= 0.6 is 0 Å². The van der Waals surface area contributed by atoms with Crippen LogP contribution in [0.15, 0.2) is 42.5 Å². The van der Waals surface area contributed by atoms with E-state index in [1.165, 1.54) is 0 Å². The monoisotopic (exact) mass is 253 g/mol. The van der Waals surface area contributed by atoms with Gasteiger partial charge in [-0.1, -0.05) is 24.3 Å². The molecule has 19 heavy (non-hydrogen) atoms. The number of anilines is 2. The van der Waals surface area contributed by atoms with Crippen LogP contribution in [0.1, 0.15) is 16.7 Å². The predicted octanol–water partition coefficient (Wildman–Crippen LogP) is 2.24. The van der Waals surface area contributed by atoms with Crippen molar-refractivity contribution in [3.63, 3.8) is 0 Å². The van der Waals surface area contributed by atoms with Gasteiger partial charge in [0.1, 0.15) is 6.07 Å². The van der Waals surface area contributed by atoms with Gasteiger partial charge in [0.25, 0.3) is 0 Å². The molecule has 0 unspecified atom stereocenters. The molecule has 0 saturated carbocycles. The standard InChI is InChI=1S/C15H15N3O/c16-8-13-4-5-14(7-15(13)17)18-9-11-2-1-3-12(6-11)10-19/h1-7,18-19H,9-10,17H2. The topological polar surface area (TPSA) is 82.1 Å². The van der Waals surface area contributed by atoms with Crippen molar-refractivity contribution < 1.29 is 5.11 Å². The lowest BCUT2D eigenvalue weighted by molar-refractivity contribution is 0.281. The fraction of sp³-hybridized carbons (Fsp3) is 0.133. The Morgan fingerprint density at radius 3 is 2.63 bits per heavy atom. The van der Waals surface area contributed by atoms with Crippen molar-refractivity contribution in [3.05, 3.63) is 59.2 Å². The molecule has 0 aromatic heterocycles. The lowest BCUT2D eigenvalue weighted by Crippen LogP contribution is -2.01. The van der Waals surface area contributed by atoms with E-state index in [4.69, 9.17) is 16.1 Å². The van der Waals surface area contributed by atoms with Crippen LogP contribution in [0, 0.1) is 11.3 Å². The summed E-state index contributed by atoms with van der Waals surface area (Å²) in [6, 6.07) is 15.0. The van der Waals surface area contributed by atoms with Gasteiger partial charge in [0, 0.05) is 12.2 Å². The Balaban J connectivity index is 2.06. The number of nitrogens with zero attached hydrogens (tertiary/aromatic N) is 1. The zero-order valence-electron chi connectivity index (χ0n) is 10.4. The Hall–Kier alpha value is -2.51. The van der Waals surface area contributed by atoms with Gasteiger partial charge in [-0.25, -0.2) is 0 Å². The van der Waals surface area contributed by atoms with E-state index in [1.54, 1.807) is 12.1 Å². The number of aliphatic hydroxyl groups is 1. The van der Waals surface area contributed by atoms with Crippen molar-refractivity contribution in [2.75, 3.05) is 11.1 Å². The van der Waals surface area contributed by atoms with Crippen LogP contribution < -0.4 is 11.1 Å². The summed E-state index contributed by atoms with van der Waals surface area (Å²) in [6.45, 7) is 0.677. The van der Waals surface area contributed by atoms with Gasteiger partial charge in [0.05, 0.1) is 17.9 Å². The molecule has 4 heteroatoms. The zero-order chi connectivity index (χ0) is 13.7. The zero-order valence-corrected chi connectivity index (χ0v) is 10.4. The molecule has 2 aromatic carbocycles. The maximum atomic E-state index is 9.07. The molecule has 0 heterocycles. The van der Waals surface area contributed by atoms with E-state index >= 15 is 0 Å². The summed E-state index contributed by atoms with van der Waals surface area (Å²) in [5, 5.41) is 21.1. The molecule has 0 bridgehead atoms. The molecule has 4 nitrogen and oxygen atoms in total. The third kappa shape index (κ3) is 3.24. The smallest absolute Gasteiger partial charge is 0.101 e. The first-order chi connectivity index (χ1) is 9.22. The summed E-state index contributed by atoms with van der Waals surface area (Å²) >= 11 is 0. The van der Waals surface area contributed by atoms with Gasteiger partial charge in [-0.15, -0.1) is 0 Å². The number of nitrogens with one attached hydrogen (secondary N) is 1. The van der Waals surface area contributed by atoms with E-state index in [0.29, 0.717) is 17.8 Å². The molecule has 0 aliphatic heterocycles. The van der Waals surface area contributed by atoms with Gasteiger partial charge in [0.2, 0.25) is 0 Å². The van der Waals surface area contributed by atoms with Crippen LogP contribution in [0.25, 0.3) is 0 Å². The van der Waals surface area contributed by atoms with Gasteiger partial charge in [-0.05, 0) is 29.3 Å². The Morgan fingerprint density at radius 1 is 1.16 bits per heavy atom. The quantitative estimate of drug-likeness (QED) is 0.730. The number of hydrogen-bond acceptors (Lipinski definition) is 4.